The Hall–Kier alpha value is -1.88. The highest BCUT2D eigenvalue weighted by Crippen LogP contribution is 2.18. The van der Waals surface area contributed by atoms with Gasteiger partial charge in [0.05, 0.1) is 0 Å². The first-order chi connectivity index (χ1) is 8.70. The van der Waals surface area contributed by atoms with E-state index in [0.717, 1.165) is 23.7 Å². The minimum Gasteiger partial charge on any atom is -0.486 e. The lowest BCUT2D eigenvalue weighted by molar-refractivity contribution is 0.287. The molecule has 1 unspecified atom stereocenters. The molecule has 0 bridgehead atoms. The van der Waals surface area contributed by atoms with Gasteiger partial charge in [-0.05, 0) is 31.5 Å². The Morgan fingerprint density at radius 2 is 2.28 bits per heavy atom. The minimum atomic E-state index is 0.00726. The summed E-state index contributed by atoms with van der Waals surface area (Å²) in [7, 11) is 0. The van der Waals surface area contributed by atoms with E-state index in [1.807, 2.05) is 42.8 Å². The molecule has 18 heavy (non-hydrogen) atoms. The van der Waals surface area contributed by atoms with Gasteiger partial charge in [0.15, 0.2) is 5.82 Å². The lowest BCUT2D eigenvalue weighted by Crippen LogP contribution is -2.08. The van der Waals surface area contributed by atoms with Gasteiger partial charge in [-0.2, -0.15) is 5.10 Å². The Bertz CT molecular complexity index is 507. The highest BCUT2D eigenvalue weighted by molar-refractivity contribution is 5.30. The number of nitrogens with zero attached hydrogens (tertiary/aromatic N) is 3. The van der Waals surface area contributed by atoms with E-state index in [-0.39, 0.29) is 6.04 Å². The van der Waals surface area contributed by atoms with Crippen molar-refractivity contribution in [2.75, 3.05) is 0 Å². The molecule has 0 spiro atoms. The molecule has 1 heterocycles. The van der Waals surface area contributed by atoms with Crippen LogP contribution in [0.5, 0.6) is 5.75 Å². The fourth-order valence-electron chi connectivity index (χ4n) is 1.70. The second-order valence-corrected chi connectivity index (χ2v) is 4.14. The summed E-state index contributed by atoms with van der Waals surface area (Å²) in [6.45, 7) is 5.18. The normalized spacial score (nSPS) is 12.4. The van der Waals surface area contributed by atoms with E-state index in [9.17, 15) is 0 Å². The van der Waals surface area contributed by atoms with Gasteiger partial charge in [0.2, 0.25) is 0 Å². The van der Waals surface area contributed by atoms with Crippen LogP contribution in [0.15, 0.2) is 30.6 Å². The number of aromatic nitrogens is 3. The van der Waals surface area contributed by atoms with Crippen LogP contribution in [-0.4, -0.2) is 14.8 Å². The van der Waals surface area contributed by atoms with Gasteiger partial charge in [0.1, 0.15) is 18.7 Å². The van der Waals surface area contributed by atoms with Crippen LogP contribution in [0.25, 0.3) is 0 Å². The summed E-state index contributed by atoms with van der Waals surface area (Å²) in [6.07, 6.45) is 1.54. The zero-order valence-corrected chi connectivity index (χ0v) is 10.7. The number of nitrogens with two attached hydrogens (primary N) is 1. The first-order valence-corrected chi connectivity index (χ1v) is 6.05. The van der Waals surface area contributed by atoms with Crippen LogP contribution in [0.2, 0.25) is 0 Å². The van der Waals surface area contributed by atoms with Crippen molar-refractivity contribution in [3.63, 3.8) is 0 Å². The van der Waals surface area contributed by atoms with Gasteiger partial charge >= 0.3 is 0 Å². The van der Waals surface area contributed by atoms with Crippen LogP contribution in [0.1, 0.15) is 31.3 Å². The van der Waals surface area contributed by atoms with Gasteiger partial charge in [-0.3, -0.25) is 0 Å². The van der Waals surface area contributed by atoms with E-state index in [2.05, 4.69) is 10.1 Å². The maximum Gasteiger partial charge on any atom is 0.164 e. The van der Waals surface area contributed by atoms with Gasteiger partial charge in [-0.1, -0.05) is 12.1 Å². The maximum atomic E-state index is 5.84. The molecule has 0 amide bonds. The summed E-state index contributed by atoms with van der Waals surface area (Å²) in [5, 5.41) is 4.10. The fourth-order valence-corrected chi connectivity index (χ4v) is 1.70. The van der Waals surface area contributed by atoms with Crippen molar-refractivity contribution in [2.24, 2.45) is 5.73 Å². The summed E-state index contributed by atoms with van der Waals surface area (Å²) in [4.78, 5) is 4.16. The third kappa shape index (κ3) is 2.87. The van der Waals surface area contributed by atoms with E-state index in [1.165, 1.54) is 0 Å². The van der Waals surface area contributed by atoms with Crippen LogP contribution >= 0.6 is 0 Å². The number of benzene rings is 1. The van der Waals surface area contributed by atoms with Crippen molar-refractivity contribution in [3.05, 3.63) is 42.0 Å². The SMILES string of the molecule is CCn1ncnc1COc1cccc(C(C)N)c1. The van der Waals surface area contributed by atoms with Crippen molar-refractivity contribution < 1.29 is 4.74 Å². The Balaban J connectivity index is 2.04. The molecule has 5 nitrogen and oxygen atoms in total. The third-order valence-corrected chi connectivity index (χ3v) is 2.75. The summed E-state index contributed by atoms with van der Waals surface area (Å²) in [5.41, 5.74) is 6.90. The van der Waals surface area contributed by atoms with Gasteiger partial charge in [0.25, 0.3) is 0 Å². The Morgan fingerprint density at radius 1 is 1.44 bits per heavy atom. The number of aryl methyl sites for hydroxylation is 1. The first-order valence-electron chi connectivity index (χ1n) is 6.05. The first kappa shape index (κ1) is 12.6. The molecule has 0 saturated heterocycles. The monoisotopic (exact) mass is 246 g/mol. The average Bonchev–Trinajstić information content (AvgIpc) is 2.84. The molecule has 1 atom stereocenters. The highest BCUT2D eigenvalue weighted by Gasteiger charge is 2.05. The van der Waals surface area contributed by atoms with Crippen LogP contribution in [0, 0.1) is 0 Å². The standard InChI is InChI=1S/C13H18N4O/c1-3-17-13(15-9-16-17)8-18-12-6-4-5-11(7-12)10(2)14/h4-7,9-10H,3,8,14H2,1-2H3. The van der Waals surface area contributed by atoms with E-state index in [4.69, 9.17) is 10.5 Å². The molecule has 1 aromatic heterocycles. The molecule has 0 aliphatic heterocycles. The zero-order valence-electron chi connectivity index (χ0n) is 10.7. The zero-order chi connectivity index (χ0) is 13.0. The van der Waals surface area contributed by atoms with E-state index < -0.39 is 0 Å². The Labute approximate surface area is 107 Å². The van der Waals surface area contributed by atoms with Crippen LogP contribution < -0.4 is 10.5 Å². The molecule has 96 valence electrons. The molecule has 0 radical (unpaired) electrons. The number of ether oxygens (including phenoxy) is 1. The second kappa shape index (κ2) is 5.64. The van der Waals surface area contributed by atoms with Crippen LogP contribution in [0.4, 0.5) is 0 Å². The van der Waals surface area contributed by atoms with Crippen molar-refractivity contribution in [1.82, 2.24) is 14.8 Å². The van der Waals surface area contributed by atoms with Crippen LogP contribution in [-0.2, 0) is 13.2 Å². The Kier molecular flexibility index (Phi) is 3.94. The van der Waals surface area contributed by atoms with Gasteiger partial charge in [0, 0.05) is 12.6 Å². The van der Waals surface area contributed by atoms with Crippen molar-refractivity contribution in [2.45, 2.75) is 33.0 Å². The molecule has 5 heteroatoms. The van der Waals surface area contributed by atoms with Gasteiger partial charge in [-0.25, -0.2) is 9.67 Å². The molecule has 2 rings (SSSR count). The molecule has 1 aromatic carbocycles. The van der Waals surface area contributed by atoms with Crippen LogP contribution in [0.3, 0.4) is 0 Å². The van der Waals surface area contributed by atoms with Crippen molar-refractivity contribution >= 4 is 0 Å². The largest absolute Gasteiger partial charge is 0.486 e. The summed E-state index contributed by atoms with van der Waals surface area (Å²) in [6, 6.07) is 7.81. The molecule has 0 fully saturated rings. The topological polar surface area (TPSA) is 66.0 Å². The third-order valence-electron chi connectivity index (χ3n) is 2.75. The summed E-state index contributed by atoms with van der Waals surface area (Å²) in [5.74, 6) is 1.62. The second-order valence-electron chi connectivity index (χ2n) is 4.14. The predicted octanol–water partition coefficient (Wildman–Crippen LogP) is 1.90. The Morgan fingerprint density at radius 3 is 3.00 bits per heavy atom. The molecule has 0 aliphatic rings. The summed E-state index contributed by atoms with van der Waals surface area (Å²) < 4.78 is 7.52. The number of hydrogen-bond acceptors (Lipinski definition) is 4. The lowest BCUT2D eigenvalue weighted by Gasteiger charge is -2.10. The van der Waals surface area contributed by atoms with Gasteiger partial charge in [-0.15, -0.1) is 0 Å². The van der Waals surface area contributed by atoms with Gasteiger partial charge < -0.3 is 10.5 Å². The molecule has 0 saturated carbocycles. The summed E-state index contributed by atoms with van der Waals surface area (Å²) >= 11 is 0. The molecule has 0 aliphatic carbocycles. The fraction of sp³-hybridized carbons (Fsp3) is 0.385. The van der Waals surface area contributed by atoms with E-state index in [0.29, 0.717) is 6.61 Å². The number of rotatable bonds is 5. The molecular formula is C13H18N4O. The minimum absolute atomic E-state index is 0.00726. The quantitative estimate of drug-likeness (QED) is 0.875. The van der Waals surface area contributed by atoms with E-state index in [1.54, 1.807) is 6.33 Å². The predicted molar refractivity (Wildman–Crippen MR) is 69.1 cm³/mol. The lowest BCUT2D eigenvalue weighted by atomic mass is 10.1. The molecule has 2 N–H and O–H groups in total. The van der Waals surface area contributed by atoms with Crippen molar-refractivity contribution in [1.29, 1.82) is 0 Å². The average molecular weight is 246 g/mol. The maximum absolute atomic E-state index is 5.84. The highest BCUT2D eigenvalue weighted by atomic mass is 16.5. The number of hydrogen-bond donors (Lipinski definition) is 1. The van der Waals surface area contributed by atoms with Crippen molar-refractivity contribution in [3.8, 4) is 5.75 Å². The molecular weight excluding hydrogens is 228 g/mol. The van der Waals surface area contributed by atoms with E-state index >= 15 is 0 Å². The smallest absolute Gasteiger partial charge is 0.164 e. The molecule has 2 aromatic rings.